The van der Waals surface area contributed by atoms with Crippen LogP contribution in [0.25, 0.3) is 10.4 Å². The number of hydrogen-bond acceptors (Lipinski definition) is 10. The maximum absolute atomic E-state index is 12.9. The zero-order chi connectivity index (χ0) is 25.9. The molecular weight excluding hydrogens is 542 g/mol. The van der Waals surface area contributed by atoms with Crippen LogP contribution in [-0.2, 0) is 10.0 Å². The third kappa shape index (κ3) is 5.59. The second-order valence-electron chi connectivity index (χ2n) is 7.24. The molecule has 1 amide bonds. The monoisotopic (exact) mass is 561 g/mol. The Kier molecular flexibility index (Phi) is 7.73. The molecule has 4 aromatic rings. The standard InChI is InChI=1S/C22H20ClN7O3S3/c1-12-17(35-22(27-12)29-20(31)15-11-26-21(34-3)28-19(15)24-2)13-9-16(18(23)25-10-13)30-36(32,33)14-7-5-4-6-8-14/h4-11,30H,1-3H3,(H,24,26,28)(H,27,29,31). The quantitative estimate of drug-likeness (QED) is 0.158. The van der Waals surface area contributed by atoms with Gasteiger partial charge in [0.2, 0.25) is 0 Å². The highest BCUT2D eigenvalue weighted by atomic mass is 35.5. The van der Waals surface area contributed by atoms with E-state index in [1.807, 2.05) is 6.26 Å². The molecule has 0 unspecified atom stereocenters. The first-order valence-electron chi connectivity index (χ1n) is 10.3. The largest absolute Gasteiger partial charge is 0.372 e. The average molecular weight is 562 g/mol. The summed E-state index contributed by atoms with van der Waals surface area (Å²) in [6, 6.07) is 9.52. The summed E-state index contributed by atoms with van der Waals surface area (Å²) in [6.45, 7) is 1.78. The van der Waals surface area contributed by atoms with Crippen LogP contribution in [0.1, 0.15) is 16.1 Å². The van der Waals surface area contributed by atoms with Crippen LogP contribution in [0.3, 0.4) is 0 Å². The SMILES string of the molecule is CNc1nc(SC)ncc1C(=O)Nc1nc(C)c(-c2cnc(Cl)c(NS(=O)(=O)c3ccccc3)c2)s1. The van der Waals surface area contributed by atoms with Crippen LogP contribution in [0.2, 0.25) is 5.15 Å². The molecule has 36 heavy (non-hydrogen) atoms. The summed E-state index contributed by atoms with van der Waals surface area (Å²) in [6.07, 6.45) is 4.82. The number of thiazole rings is 1. The van der Waals surface area contributed by atoms with Crippen molar-refractivity contribution >= 4 is 67.3 Å². The molecule has 0 atom stereocenters. The lowest BCUT2D eigenvalue weighted by molar-refractivity contribution is 0.102. The Morgan fingerprint density at radius 3 is 2.56 bits per heavy atom. The molecule has 0 bridgehead atoms. The van der Waals surface area contributed by atoms with E-state index < -0.39 is 15.9 Å². The van der Waals surface area contributed by atoms with E-state index in [0.29, 0.717) is 32.2 Å². The van der Waals surface area contributed by atoms with Crippen molar-refractivity contribution in [3.8, 4) is 10.4 Å². The topological polar surface area (TPSA) is 139 Å². The number of nitrogens with zero attached hydrogens (tertiary/aromatic N) is 4. The number of anilines is 3. The van der Waals surface area contributed by atoms with Gasteiger partial charge in [-0.2, -0.15) is 0 Å². The van der Waals surface area contributed by atoms with Crippen molar-refractivity contribution in [1.82, 2.24) is 19.9 Å². The molecule has 0 fully saturated rings. The molecule has 10 nitrogen and oxygen atoms in total. The molecule has 0 aliphatic heterocycles. The maximum atomic E-state index is 12.9. The van der Waals surface area contributed by atoms with Gasteiger partial charge < -0.3 is 5.32 Å². The molecule has 0 saturated heterocycles. The molecule has 4 rings (SSSR count). The highest BCUT2D eigenvalue weighted by Crippen LogP contribution is 2.36. The lowest BCUT2D eigenvalue weighted by atomic mass is 10.2. The van der Waals surface area contributed by atoms with Crippen LogP contribution in [-0.4, -0.2) is 47.6 Å². The van der Waals surface area contributed by atoms with E-state index in [2.05, 4.69) is 35.3 Å². The van der Waals surface area contributed by atoms with E-state index in [1.54, 1.807) is 38.2 Å². The van der Waals surface area contributed by atoms with Gasteiger partial charge in [-0.3, -0.25) is 14.8 Å². The van der Waals surface area contributed by atoms with Crippen LogP contribution < -0.4 is 15.4 Å². The van der Waals surface area contributed by atoms with Crippen molar-refractivity contribution in [2.45, 2.75) is 17.0 Å². The number of carbonyl (C=O) groups excluding carboxylic acids is 1. The van der Waals surface area contributed by atoms with Crippen molar-refractivity contribution in [2.75, 3.05) is 28.7 Å². The summed E-state index contributed by atoms with van der Waals surface area (Å²) in [5, 5.41) is 6.57. The first-order valence-corrected chi connectivity index (χ1v) is 14.2. The van der Waals surface area contributed by atoms with Gasteiger partial charge in [-0.25, -0.2) is 28.4 Å². The first kappa shape index (κ1) is 25.8. The van der Waals surface area contributed by atoms with Gasteiger partial charge in [0.1, 0.15) is 11.4 Å². The summed E-state index contributed by atoms with van der Waals surface area (Å²) < 4.78 is 28.0. The summed E-state index contributed by atoms with van der Waals surface area (Å²) in [5.74, 6) is -0.0181. The molecule has 0 radical (unpaired) electrons. The van der Waals surface area contributed by atoms with Gasteiger partial charge in [-0.15, -0.1) is 0 Å². The van der Waals surface area contributed by atoms with Crippen LogP contribution in [0, 0.1) is 6.92 Å². The fourth-order valence-corrected chi connectivity index (χ4v) is 5.72. The molecule has 14 heteroatoms. The predicted molar refractivity (Wildman–Crippen MR) is 144 cm³/mol. The van der Waals surface area contributed by atoms with Crippen LogP contribution in [0.15, 0.2) is 58.8 Å². The Labute approximate surface area is 221 Å². The second kappa shape index (κ2) is 10.8. The Morgan fingerprint density at radius 2 is 1.86 bits per heavy atom. The number of aromatic nitrogens is 4. The Balaban J connectivity index is 1.59. The number of hydrogen-bond donors (Lipinski definition) is 3. The Hall–Kier alpha value is -3.26. The number of rotatable bonds is 8. The summed E-state index contributed by atoms with van der Waals surface area (Å²) in [7, 11) is -2.19. The molecule has 0 aliphatic carbocycles. The Morgan fingerprint density at radius 1 is 1.11 bits per heavy atom. The third-order valence-corrected chi connectivity index (χ3v) is 8.21. The van der Waals surface area contributed by atoms with E-state index in [9.17, 15) is 13.2 Å². The summed E-state index contributed by atoms with van der Waals surface area (Å²) >= 11 is 8.77. The zero-order valence-electron chi connectivity index (χ0n) is 19.2. The lowest BCUT2D eigenvalue weighted by Crippen LogP contribution is -2.15. The number of amides is 1. The molecule has 3 N–H and O–H groups in total. The predicted octanol–water partition coefficient (Wildman–Crippen LogP) is 4.77. The summed E-state index contributed by atoms with van der Waals surface area (Å²) in [5.41, 5.74) is 1.61. The van der Waals surface area contributed by atoms with Crippen molar-refractivity contribution in [1.29, 1.82) is 0 Å². The lowest BCUT2D eigenvalue weighted by Gasteiger charge is -2.10. The van der Waals surface area contributed by atoms with Crippen molar-refractivity contribution < 1.29 is 13.2 Å². The third-order valence-electron chi connectivity index (χ3n) is 4.85. The van der Waals surface area contributed by atoms with E-state index in [-0.39, 0.29) is 21.3 Å². The second-order valence-corrected chi connectivity index (χ2v) is 11.1. The van der Waals surface area contributed by atoms with Gasteiger partial charge in [-0.1, -0.05) is 52.9 Å². The number of pyridine rings is 1. The fourth-order valence-electron chi connectivity index (χ4n) is 3.15. The minimum atomic E-state index is -3.86. The summed E-state index contributed by atoms with van der Waals surface area (Å²) in [4.78, 5) is 30.7. The maximum Gasteiger partial charge on any atom is 0.262 e. The highest BCUT2D eigenvalue weighted by molar-refractivity contribution is 7.98. The van der Waals surface area contributed by atoms with Gasteiger partial charge in [0.15, 0.2) is 15.4 Å². The van der Waals surface area contributed by atoms with Gasteiger partial charge in [0.25, 0.3) is 15.9 Å². The number of carbonyl (C=O) groups is 1. The molecule has 0 aliphatic rings. The van der Waals surface area contributed by atoms with Crippen molar-refractivity contribution in [3.05, 3.63) is 65.2 Å². The van der Waals surface area contributed by atoms with Crippen molar-refractivity contribution in [2.24, 2.45) is 0 Å². The molecule has 0 spiro atoms. The van der Waals surface area contributed by atoms with Gasteiger partial charge >= 0.3 is 0 Å². The van der Waals surface area contributed by atoms with Crippen LogP contribution in [0.4, 0.5) is 16.6 Å². The molecular formula is C22H20ClN7O3S3. The van der Waals surface area contributed by atoms with Crippen LogP contribution >= 0.6 is 34.7 Å². The Bertz CT molecular complexity index is 1530. The van der Waals surface area contributed by atoms with E-state index in [4.69, 9.17) is 11.6 Å². The minimum Gasteiger partial charge on any atom is -0.372 e. The molecule has 0 saturated carbocycles. The molecule has 3 heterocycles. The average Bonchev–Trinajstić information content (AvgIpc) is 3.24. The normalized spacial score (nSPS) is 11.2. The zero-order valence-corrected chi connectivity index (χ0v) is 22.4. The number of sulfonamides is 1. The molecule has 186 valence electrons. The molecule has 3 aromatic heterocycles. The number of nitrogens with one attached hydrogen (secondary N) is 3. The first-order chi connectivity index (χ1) is 17.2. The van der Waals surface area contributed by atoms with E-state index in [1.165, 1.54) is 47.6 Å². The van der Waals surface area contributed by atoms with Gasteiger partial charge in [-0.05, 0) is 31.4 Å². The molecule has 1 aromatic carbocycles. The van der Waals surface area contributed by atoms with E-state index >= 15 is 0 Å². The number of benzene rings is 1. The van der Waals surface area contributed by atoms with Gasteiger partial charge in [0.05, 0.1) is 21.2 Å². The van der Waals surface area contributed by atoms with Crippen LogP contribution in [0.5, 0.6) is 0 Å². The smallest absolute Gasteiger partial charge is 0.262 e. The number of aryl methyl sites for hydroxylation is 1. The fraction of sp³-hybridized carbons (Fsp3) is 0.136. The number of halogens is 1. The minimum absolute atomic E-state index is 0.00207. The van der Waals surface area contributed by atoms with Crippen molar-refractivity contribution in [3.63, 3.8) is 0 Å². The van der Waals surface area contributed by atoms with Gasteiger partial charge in [0, 0.05) is 25.0 Å². The highest BCUT2D eigenvalue weighted by Gasteiger charge is 2.20. The number of thioether (sulfide) groups is 1. The van der Waals surface area contributed by atoms with E-state index in [0.717, 1.165) is 0 Å².